The molecule has 1 aliphatic carbocycles. The fourth-order valence-electron chi connectivity index (χ4n) is 1.96. The lowest BCUT2D eigenvalue weighted by atomic mass is 10.0. The SMILES string of the molecule is NCc1ccc(SC2CCCCC2)nc1. The highest BCUT2D eigenvalue weighted by atomic mass is 32.2. The second-order valence-corrected chi connectivity index (χ2v) is 5.41. The first kappa shape index (κ1) is 11.0. The van der Waals surface area contributed by atoms with E-state index in [1.54, 1.807) is 0 Å². The van der Waals surface area contributed by atoms with Gasteiger partial charge in [-0.15, -0.1) is 11.8 Å². The van der Waals surface area contributed by atoms with Gasteiger partial charge in [-0.1, -0.05) is 25.3 Å². The van der Waals surface area contributed by atoms with E-state index in [9.17, 15) is 0 Å². The molecule has 1 heterocycles. The maximum Gasteiger partial charge on any atom is 0.0962 e. The second kappa shape index (κ2) is 5.52. The van der Waals surface area contributed by atoms with Gasteiger partial charge in [0.2, 0.25) is 0 Å². The largest absolute Gasteiger partial charge is 0.326 e. The fraction of sp³-hybridized carbons (Fsp3) is 0.583. The topological polar surface area (TPSA) is 38.9 Å². The Hall–Kier alpha value is -0.540. The van der Waals surface area contributed by atoms with E-state index < -0.39 is 0 Å². The van der Waals surface area contributed by atoms with Crippen molar-refractivity contribution in [2.75, 3.05) is 0 Å². The molecule has 3 heteroatoms. The summed E-state index contributed by atoms with van der Waals surface area (Å²) in [5, 5.41) is 1.94. The van der Waals surface area contributed by atoms with E-state index in [2.05, 4.69) is 17.1 Å². The lowest BCUT2D eigenvalue weighted by Crippen LogP contribution is -2.08. The summed E-state index contributed by atoms with van der Waals surface area (Å²) >= 11 is 1.93. The van der Waals surface area contributed by atoms with E-state index in [1.807, 2.05) is 18.0 Å². The molecule has 0 spiro atoms. The van der Waals surface area contributed by atoms with Gasteiger partial charge in [-0.2, -0.15) is 0 Å². The lowest BCUT2D eigenvalue weighted by Gasteiger charge is -2.20. The minimum atomic E-state index is 0.585. The molecule has 1 aliphatic rings. The van der Waals surface area contributed by atoms with E-state index in [0.717, 1.165) is 15.8 Å². The Morgan fingerprint density at radius 3 is 2.67 bits per heavy atom. The van der Waals surface area contributed by atoms with Crippen molar-refractivity contribution in [3.8, 4) is 0 Å². The van der Waals surface area contributed by atoms with Gasteiger partial charge in [0.25, 0.3) is 0 Å². The molecule has 0 bridgehead atoms. The van der Waals surface area contributed by atoms with Gasteiger partial charge in [0.15, 0.2) is 0 Å². The van der Waals surface area contributed by atoms with Crippen molar-refractivity contribution < 1.29 is 0 Å². The number of rotatable bonds is 3. The average Bonchev–Trinajstić information content (AvgIpc) is 2.31. The maximum absolute atomic E-state index is 5.54. The van der Waals surface area contributed by atoms with Crippen LogP contribution in [0.25, 0.3) is 0 Å². The Morgan fingerprint density at radius 2 is 2.07 bits per heavy atom. The molecule has 0 amide bonds. The molecule has 0 aromatic carbocycles. The van der Waals surface area contributed by atoms with Gasteiger partial charge in [0.1, 0.15) is 0 Å². The van der Waals surface area contributed by atoms with Gasteiger partial charge in [-0.25, -0.2) is 4.98 Å². The third-order valence-corrected chi connectivity index (χ3v) is 4.16. The molecular weight excluding hydrogens is 204 g/mol. The van der Waals surface area contributed by atoms with Crippen molar-refractivity contribution in [3.63, 3.8) is 0 Å². The molecule has 2 nitrogen and oxygen atoms in total. The Balaban J connectivity index is 1.91. The van der Waals surface area contributed by atoms with Crippen LogP contribution in [0.3, 0.4) is 0 Å². The number of nitrogens with two attached hydrogens (primary N) is 1. The summed E-state index contributed by atoms with van der Waals surface area (Å²) in [5.74, 6) is 0. The van der Waals surface area contributed by atoms with Crippen LogP contribution in [0.1, 0.15) is 37.7 Å². The smallest absolute Gasteiger partial charge is 0.0962 e. The van der Waals surface area contributed by atoms with Crippen LogP contribution in [0.4, 0.5) is 0 Å². The molecule has 2 N–H and O–H groups in total. The predicted octanol–water partition coefficient (Wildman–Crippen LogP) is 2.97. The molecule has 82 valence electrons. The van der Waals surface area contributed by atoms with Crippen molar-refractivity contribution in [1.29, 1.82) is 0 Å². The molecule has 0 saturated heterocycles. The van der Waals surface area contributed by atoms with Crippen LogP contribution in [0.5, 0.6) is 0 Å². The molecule has 0 aliphatic heterocycles. The third kappa shape index (κ3) is 3.21. The zero-order valence-corrected chi connectivity index (χ0v) is 9.80. The molecular formula is C12H18N2S. The third-order valence-electron chi connectivity index (χ3n) is 2.87. The van der Waals surface area contributed by atoms with Crippen LogP contribution in [-0.4, -0.2) is 10.2 Å². The van der Waals surface area contributed by atoms with Crippen molar-refractivity contribution in [1.82, 2.24) is 4.98 Å². The van der Waals surface area contributed by atoms with E-state index in [0.29, 0.717) is 6.54 Å². The van der Waals surface area contributed by atoms with Gasteiger partial charge in [0.05, 0.1) is 5.03 Å². The van der Waals surface area contributed by atoms with Crippen molar-refractivity contribution in [2.24, 2.45) is 5.73 Å². The van der Waals surface area contributed by atoms with Crippen molar-refractivity contribution in [3.05, 3.63) is 23.9 Å². The minimum Gasteiger partial charge on any atom is -0.326 e. The van der Waals surface area contributed by atoms with Gasteiger partial charge >= 0.3 is 0 Å². The first-order chi connectivity index (χ1) is 7.38. The van der Waals surface area contributed by atoms with Gasteiger partial charge in [-0.05, 0) is 24.5 Å². The van der Waals surface area contributed by atoms with E-state index in [4.69, 9.17) is 5.73 Å². The normalized spacial score (nSPS) is 17.9. The Morgan fingerprint density at radius 1 is 1.27 bits per heavy atom. The van der Waals surface area contributed by atoms with Crippen LogP contribution in [0.15, 0.2) is 23.4 Å². The molecule has 0 unspecified atom stereocenters. The first-order valence-electron chi connectivity index (χ1n) is 5.70. The number of aromatic nitrogens is 1. The summed E-state index contributed by atoms with van der Waals surface area (Å²) in [6.45, 7) is 0.585. The summed E-state index contributed by atoms with van der Waals surface area (Å²) in [7, 11) is 0. The Bertz CT molecular complexity index is 291. The zero-order valence-electron chi connectivity index (χ0n) is 8.98. The van der Waals surface area contributed by atoms with Crippen molar-refractivity contribution in [2.45, 2.75) is 48.9 Å². The van der Waals surface area contributed by atoms with E-state index in [1.165, 1.54) is 32.1 Å². The Kier molecular flexibility index (Phi) is 4.03. The van der Waals surface area contributed by atoms with Crippen molar-refractivity contribution >= 4 is 11.8 Å². The summed E-state index contributed by atoms with van der Waals surface area (Å²) in [5.41, 5.74) is 6.65. The number of hydrogen-bond acceptors (Lipinski definition) is 3. The second-order valence-electron chi connectivity index (χ2n) is 4.09. The molecule has 0 radical (unpaired) electrons. The minimum absolute atomic E-state index is 0.585. The molecule has 15 heavy (non-hydrogen) atoms. The molecule has 1 fully saturated rings. The molecule has 1 aromatic rings. The van der Waals surface area contributed by atoms with Gasteiger partial charge < -0.3 is 5.73 Å². The summed E-state index contributed by atoms with van der Waals surface area (Å²) < 4.78 is 0. The number of hydrogen-bond donors (Lipinski definition) is 1. The Labute approximate surface area is 95.7 Å². The van der Waals surface area contributed by atoms with Crippen LogP contribution < -0.4 is 5.73 Å². The van der Waals surface area contributed by atoms with Crippen LogP contribution in [0.2, 0.25) is 0 Å². The monoisotopic (exact) mass is 222 g/mol. The fourth-order valence-corrected chi connectivity index (χ4v) is 3.13. The summed E-state index contributed by atoms with van der Waals surface area (Å²) in [6, 6.07) is 4.18. The van der Waals surface area contributed by atoms with Gasteiger partial charge in [-0.3, -0.25) is 0 Å². The average molecular weight is 222 g/mol. The first-order valence-corrected chi connectivity index (χ1v) is 6.58. The highest BCUT2D eigenvalue weighted by Crippen LogP contribution is 2.32. The van der Waals surface area contributed by atoms with E-state index >= 15 is 0 Å². The molecule has 2 rings (SSSR count). The number of pyridine rings is 1. The maximum atomic E-state index is 5.54. The van der Waals surface area contributed by atoms with Crippen LogP contribution in [0, 0.1) is 0 Å². The quantitative estimate of drug-likeness (QED) is 0.854. The standard InChI is InChI=1S/C12H18N2S/c13-8-10-6-7-12(14-9-10)15-11-4-2-1-3-5-11/h6-7,9,11H,1-5,8,13H2. The zero-order chi connectivity index (χ0) is 10.5. The summed E-state index contributed by atoms with van der Waals surface area (Å²) in [6.07, 6.45) is 8.79. The van der Waals surface area contributed by atoms with Gasteiger partial charge in [0, 0.05) is 18.0 Å². The van der Waals surface area contributed by atoms with Crippen LogP contribution >= 0.6 is 11.8 Å². The number of thioether (sulfide) groups is 1. The summed E-state index contributed by atoms with van der Waals surface area (Å²) in [4.78, 5) is 4.43. The molecule has 1 saturated carbocycles. The highest BCUT2D eigenvalue weighted by molar-refractivity contribution is 7.99. The van der Waals surface area contributed by atoms with Crippen LogP contribution in [-0.2, 0) is 6.54 Å². The number of nitrogens with zero attached hydrogens (tertiary/aromatic N) is 1. The van der Waals surface area contributed by atoms with E-state index in [-0.39, 0.29) is 0 Å². The molecule has 0 atom stereocenters. The predicted molar refractivity (Wildman–Crippen MR) is 64.9 cm³/mol. The lowest BCUT2D eigenvalue weighted by molar-refractivity contribution is 0.515. The highest BCUT2D eigenvalue weighted by Gasteiger charge is 2.14. The molecule has 1 aromatic heterocycles.